The van der Waals surface area contributed by atoms with Crippen molar-refractivity contribution in [3.8, 4) is 0 Å². The fourth-order valence-corrected chi connectivity index (χ4v) is 6.39. The second kappa shape index (κ2) is 5.25. The van der Waals surface area contributed by atoms with Crippen LogP contribution in [0, 0.1) is 22.7 Å². The van der Waals surface area contributed by atoms with Crippen molar-refractivity contribution in [3.05, 3.63) is 35.3 Å². The Morgan fingerprint density at radius 3 is 2.60 bits per heavy atom. The van der Waals surface area contributed by atoms with E-state index in [1.165, 1.54) is 25.7 Å². The Morgan fingerprint density at radius 2 is 1.88 bits per heavy atom. The van der Waals surface area contributed by atoms with Crippen molar-refractivity contribution in [1.82, 2.24) is 0 Å². The average Bonchev–Trinajstić information content (AvgIpc) is 2.52. The summed E-state index contributed by atoms with van der Waals surface area (Å²) in [7, 11) is 1.55. The molecule has 0 spiro atoms. The number of methoxy groups -OCH3 is 1. The predicted molar refractivity (Wildman–Crippen MR) is 97.7 cm³/mol. The fraction of sp³-hybridized carbons (Fsp3) is 0.682. The molecule has 3 aliphatic carbocycles. The van der Waals surface area contributed by atoms with Crippen LogP contribution in [0.5, 0.6) is 0 Å². The fourth-order valence-electron chi connectivity index (χ4n) is 6.39. The van der Waals surface area contributed by atoms with Crippen LogP contribution in [-0.4, -0.2) is 18.5 Å². The van der Waals surface area contributed by atoms with Crippen LogP contribution in [0.15, 0.2) is 35.3 Å². The van der Waals surface area contributed by atoms with Gasteiger partial charge in [-0.1, -0.05) is 33.3 Å². The molecular weight excluding hydrogens is 312 g/mol. The monoisotopic (exact) mass is 342 g/mol. The van der Waals surface area contributed by atoms with Gasteiger partial charge in [-0.05, 0) is 55.4 Å². The first-order chi connectivity index (χ1) is 11.7. The molecule has 0 N–H and O–H groups in total. The first-order valence-corrected chi connectivity index (χ1v) is 9.63. The van der Waals surface area contributed by atoms with Gasteiger partial charge in [-0.3, -0.25) is 4.79 Å². The summed E-state index contributed by atoms with van der Waals surface area (Å²) in [5, 5.41) is 0. The van der Waals surface area contributed by atoms with Crippen LogP contribution in [0.1, 0.15) is 59.8 Å². The highest BCUT2D eigenvalue weighted by atomic mass is 16.5. The molecule has 25 heavy (non-hydrogen) atoms. The number of rotatable bonds is 1. The molecule has 0 amide bonds. The maximum Gasteiger partial charge on any atom is 0.224 e. The highest BCUT2D eigenvalue weighted by Gasteiger charge is 2.60. The molecule has 2 saturated carbocycles. The van der Waals surface area contributed by atoms with Crippen molar-refractivity contribution in [2.45, 2.75) is 65.4 Å². The lowest BCUT2D eigenvalue weighted by Gasteiger charge is -2.62. The van der Waals surface area contributed by atoms with Crippen LogP contribution in [0.2, 0.25) is 0 Å². The Hall–Kier alpha value is -1.51. The van der Waals surface area contributed by atoms with Gasteiger partial charge in [0.2, 0.25) is 5.78 Å². The van der Waals surface area contributed by atoms with Crippen molar-refractivity contribution in [2.75, 3.05) is 7.11 Å². The van der Waals surface area contributed by atoms with Crippen LogP contribution < -0.4 is 0 Å². The molecule has 3 nitrogen and oxygen atoms in total. The summed E-state index contributed by atoms with van der Waals surface area (Å²) in [5.41, 5.74) is 1.44. The molecule has 0 aromatic rings. The first-order valence-electron chi connectivity index (χ1n) is 9.63. The summed E-state index contributed by atoms with van der Waals surface area (Å²) in [6.07, 6.45) is 12.0. The van der Waals surface area contributed by atoms with E-state index in [1.54, 1.807) is 13.2 Å². The summed E-state index contributed by atoms with van der Waals surface area (Å²) < 4.78 is 11.7. The van der Waals surface area contributed by atoms with Gasteiger partial charge in [-0.25, -0.2) is 0 Å². The Labute approximate surface area is 151 Å². The standard InChI is InChI=1S/C22H30O3/c1-20(2)8-6-9-21(3)18(20)7-10-22(4)19(21)12-14-11-17(24-5)15(23)13-16(14)25-22/h11-13,18-19H,6-10H2,1-5H3/t18-,19+,21-,22-/m1/s1. The Morgan fingerprint density at radius 1 is 1.12 bits per heavy atom. The third kappa shape index (κ3) is 2.34. The molecular formula is C22H30O3. The molecule has 0 saturated heterocycles. The molecule has 4 aliphatic rings. The molecule has 2 fully saturated rings. The highest BCUT2D eigenvalue weighted by molar-refractivity contribution is 6.05. The SMILES string of the molecule is COC1=CC2=C[C@H]3[C@]4(C)CCCC(C)(C)[C@H]4CC[C@@]3(C)OC2=CC1=O. The summed E-state index contributed by atoms with van der Waals surface area (Å²) in [6.45, 7) is 9.61. The van der Waals surface area contributed by atoms with E-state index >= 15 is 0 Å². The van der Waals surface area contributed by atoms with E-state index in [2.05, 4.69) is 33.8 Å². The van der Waals surface area contributed by atoms with Crippen LogP contribution in [0.25, 0.3) is 0 Å². The lowest BCUT2D eigenvalue weighted by Crippen LogP contribution is -2.58. The van der Waals surface area contributed by atoms with E-state index in [-0.39, 0.29) is 16.8 Å². The zero-order valence-corrected chi connectivity index (χ0v) is 16.1. The van der Waals surface area contributed by atoms with E-state index in [0.717, 1.165) is 17.8 Å². The van der Waals surface area contributed by atoms with Gasteiger partial charge in [0.05, 0.1) is 7.11 Å². The lowest BCUT2D eigenvalue weighted by molar-refractivity contribution is -0.162. The molecule has 0 bridgehead atoms. The quantitative estimate of drug-likeness (QED) is 0.677. The van der Waals surface area contributed by atoms with Crippen molar-refractivity contribution >= 4 is 5.78 Å². The molecule has 4 rings (SSSR count). The minimum absolute atomic E-state index is 0.101. The highest BCUT2D eigenvalue weighted by Crippen LogP contribution is 2.64. The van der Waals surface area contributed by atoms with Crippen molar-refractivity contribution in [3.63, 3.8) is 0 Å². The second-order valence-electron chi connectivity index (χ2n) is 9.54. The molecule has 1 heterocycles. The maximum absolute atomic E-state index is 12.1. The zero-order chi connectivity index (χ0) is 18.0. The minimum atomic E-state index is -0.216. The smallest absolute Gasteiger partial charge is 0.224 e. The van der Waals surface area contributed by atoms with Crippen LogP contribution in [0.3, 0.4) is 0 Å². The van der Waals surface area contributed by atoms with E-state index in [4.69, 9.17) is 9.47 Å². The van der Waals surface area contributed by atoms with Gasteiger partial charge >= 0.3 is 0 Å². The van der Waals surface area contributed by atoms with Crippen molar-refractivity contribution in [1.29, 1.82) is 0 Å². The third-order valence-corrected chi connectivity index (χ3v) is 7.56. The minimum Gasteiger partial charge on any atom is -0.493 e. The first kappa shape index (κ1) is 16.9. The van der Waals surface area contributed by atoms with Gasteiger partial charge in [0.1, 0.15) is 11.4 Å². The van der Waals surface area contributed by atoms with E-state index < -0.39 is 0 Å². The van der Waals surface area contributed by atoms with Gasteiger partial charge in [0.15, 0.2) is 5.76 Å². The zero-order valence-electron chi connectivity index (χ0n) is 16.1. The topological polar surface area (TPSA) is 35.5 Å². The summed E-state index contributed by atoms with van der Waals surface area (Å²) in [5.74, 6) is 2.11. The van der Waals surface area contributed by atoms with Crippen LogP contribution in [0.4, 0.5) is 0 Å². The van der Waals surface area contributed by atoms with Crippen molar-refractivity contribution < 1.29 is 14.3 Å². The van der Waals surface area contributed by atoms with E-state index in [0.29, 0.717) is 23.0 Å². The van der Waals surface area contributed by atoms with Crippen molar-refractivity contribution in [2.24, 2.45) is 22.7 Å². The van der Waals surface area contributed by atoms with E-state index in [1.807, 2.05) is 6.08 Å². The molecule has 0 unspecified atom stereocenters. The van der Waals surface area contributed by atoms with Crippen LogP contribution >= 0.6 is 0 Å². The van der Waals surface area contributed by atoms with E-state index in [9.17, 15) is 4.79 Å². The number of ether oxygens (including phenoxy) is 2. The molecule has 0 aromatic carbocycles. The number of allylic oxidation sites excluding steroid dienone is 2. The molecule has 4 atom stereocenters. The molecule has 0 radical (unpaired) electrons. The van der Waals surface area contributed by atoms with Gasteiger partial charge in [-0.15, -0.1) is 0 Å². The number of hydrogen-bond donors (Lipinski definition) is 0. The Balaban J connectivity index is 1.80. The number of ketones is 1. The normalized spacial score (nSPS) is 42.0. The number of carbonyl (C=O) groups excluding carboxylic acids is 1. The number of carbonyl (C=O) groups is 1. The third-order valence-electron chi connectivity index (χ3n) is 7.56. The van der Waals surface area contributed by atoms with Gasteiger partial charge in [0, 0.05) is 17.6 Å². The molecule has 136 valence electrons. The average molecular weight is 342 g/mol. The van der Waals surface area contributed by atoms with Gasteiger partial charge in [-0.2, -0.15) is 0 Å². The summed E-state index contributed by atoms with van der Waals surface area (Å²) in [4.78, 5) is 12.1. The maximum atomic E-state index is 12.1. The largest absolute Gasteiger partial charge is 0.493 e. The Kier molecular flexibility index (Phi) is 3.55. The van der Waals surface area contributed by atoms with Crippen LogP contribution in [-0.2, 0) is 14.3 Å². The van der Waals surface area contributed by atoms with Gasteiger partial charge < -0.3 is 9.47 Å². The van der Waals surface area contributed by atoms with Gasteiger partial charge in [0.25, 0.3) is 0 Å². The second-order valence-corrected chi connectivity index (χ2v) is 9.54. The summed E-state index contributed by atoms with van der Waals surface area (Å²) in [6, 6.07) is 0. The molecule has 1 aliphatic heterocycles. The number of fused-ring (bicyclic) bond motifs is 4. The Bertz CT molecular complexity index is 711. The summed E-state index contributed by atoms with van der Waals surface area (Å²) >= 11 is 0. The molecule has 3 heteroatoms. The number of hydrogen-bond acceptors (Lipinski definition) is 3. The molecule has 0 aromatic heterocycles. The predicted octanol–water partition coefficient (Wildman–Crippen LogP) is 4.94. The lowest BCUT2D eigenvalue weighted by atomic mass is 9.45.